The van der Waals surface area contributed by atoms with Crippen molar-refractivity contribution in [2.75, 3.05) is 13.7 Å². The van der Waals surface area contributed by atoms with Crippen LogP contribution in [0.4, 0.5) is 4.39 Å². The molecule has 0 amide bonds. The Labute approximate surface area is 191 Å². The second kappa shape index (κ2) is 10.3. The van der Waals surface area contributed by atoms with Gasteiger partial charge in [-0.2, -0.15) is 0 Å². The van der Waals surface area contributed by atoms with Crippen LogP contribution in [0.25, 0.3) is 11.3 Å². The maximum Gasteiger partial charge on any atom is 0.303 e. The predicted octanol–water partition coefficient (Wildman–Crippen LogP) is 4.68. The molecule has 0 radical (unpaired) electrons. The van der Waals surface area contributed by atoms with E-state index in [1.165, 1.54) is 19.4 Å². The fraction of sp³-hybridized carbons (Fsp3) is 0.320. The van der Waals surface area contributed by atoms with Crippen molar-refractivity contribution in [3.8, 4) is 28.6 Å². The zero-order chi connectivity index (χ0) is 23.2. The van der Waals surface area contributed by atoms with E-state index in [1.54, 1.807) is 24.3 Å². The predicted molar refractivity (Wildman–Crippen MR) is 119 cm³/mol. The summed E-state index contributed by atoms with van der Waals surface area (Å²) < 4.78 is 31.5. The van der Waals surface area contributed by atoms with Crippen LogP contribution in [0.3, 0.4) is 0 Å². The van der Waals surface area contributed by atoms with Gasteiger partial charge in [-0.15, -0.1) is 0 Å². The third-order valence-corrected chi connectivity index (χ3v) is 5.28. The van der Waals surface area contributed by atoms with E-state index in [-0.39, 0.29) is 24.5 Å². The normalized spacial score (nSPS) is 12.9. The highest BCUT2D eigenvalue weighted by Gasteiger charge is 2.24. The summed E-state index contributed by atoms with van der Waals surface area (Å²) in [4.78, 5) is 19.8. The number of aliphatic carboxylic acids is 1. The largest absolute Gasteiger partial charge is 0.497 e. The summed E-state index contributed by atoms with van der Waals surface area (Å²) >= 11 is 0. The first kappa shape index (κ1) is 22.5. The zero-order valence-electron chi connectivity index (χ0n) is 18.3. The van der Waals surface area contributed by atoms with Crippen LogP contribution in [-0.4, -0.2) is 34.8 Å². The highest BCUT2D eigenvalue weighted by Crippen LogP contribution is 2.34. The molecule has 0 bridgehead atoms. The molecule has 0 aliphatic heterocycles. The van der Waals surface area contributed by atoms with E-state index in [0.717, 1.165) is 18.4 Å². The van der Waals surface area contributed by atoms with Gasteiger partial charge in [0.2, 0.25) is 5.88 Å². The molecule has 2 aromatic carbocycles. The smallest absolute Gasteiger partial charge is 0.303 e. The van der Waals surface area contributed by atoms with Gasteiger partial charge in [0.05, 0.1) is 19.9 Å². The van der Waals surface area contributed by atoms with Gasteiger partial charge in [-0.05, 0) is 61.1 Å². The molecule has 1 heterocycles. The Kier molecular flexibility index (Phi) is 7.02. The van der Waals surface area contributed by atoms with Crippen LogP contribution in [-0.2, 0) is 17.8 Å². The van der Waals surface area contributed by atoms with Gasteiger partial charge in [-0.25, -0.2) is 14.4 Å². The maximum atomic E-state index is 14.6. The number of rotatable bonds is 11. The van der Waals surface area contributed by atoms with E-state index < -0.39 is 11.8 Å². The Balaban J connectivity index is 1.53. The van der Waals surface area contributed by atoms with E-state index in [0.29, 0.717) is 41.8 Å². The molecule has 4 rings (SSSR count). The molecule has 172 valence electrons. The van der Waals surface area contributed by atoms with Crippen molar-refractivity contribution < 1.29 is 28.5 Å². The molecule has 1 aliphatic carbocycles. The minimum Gasteiger partial charge on any atom is -0.497 e. The Hall–Kier alpha value is -3.68. The van der Waals surface area contributed by atoms with Gasteiger partial charge < -0.3 is 19.3 Å². The summed E-state index contributed by atoms with van der Waals surface area (Å²) in [7, 11) is 1.52. The molecule has 0 atom stereocenters. The highest BCUT2D eigenvalue weighted by molar-refractivity contribution is 5.67. The second-order valence-corrected chi connectivity index (χ2v) is 7.95. The van der Waals surface area contributed by atoms with Gasteiger partial charge in [0.15, 0.2) is 0 Å². The van der Waals surface area contributed by atoms with E-state index in [2.05, 4.69) is 9.97 Å². The van der Waals surface area contributed by atoms with Crippen LogP contribution in [0.1, 0.15) is 30.5 Å². The summed E-state index contributed by atoms with van der Waals surface area (Å²) in [6, 6.07) is 11.7. The number of halogens is 1. The molecule has 0 saturated heterocycles. The Morgan fingerprint density at radius 1 is 1.15 bits per heavy atom. The van der Waals surface area contributed by atoms with E-state index in [4.69, 9.17) is 19.3 Å². The average Bonchev–Trinajstić information content (AvgIpc) is 3.65. The molecule has 33 heavy (non-hydrogen) atoms. The summed E-state index contributed by atoms with van der Waals surface area (Å²) in [5, 5.41) is 8.87. The number of carboxylic acids is 1. The van der Waals surface area contributed by atoms with Crippen molar-refractivity contribution in [3.05, 3.63) is 65.7 Å². The first-order chi connectivity index (χ1) is 16.0. The number of hydrogen-bond donors (Lipinski definition) is 1. The first-order valence-corrected chi connectivity index (χ1v) is 10.8. The first-order valence-electron chi connectivity index (χ1n) is 10.8. The lowest BCUT2D eigenvalue weighted by Crippen LogP contribution is -2.07. The summed E-state index contributed by atoms with van der Waals surface area (Å²) in [5.74, 6) is 0.569. The molecule has 0 spiro atoms. The highest BCUT2D eigenvalue weighted by atomic mass is 19.1. The summed E-state index contributed by atoms with van der Waals surface area (Å²) in [6.45, 7) is 0.638. The number of ether oxygens (including phenoxy) is 3. The van der Waals surface area contributed by atoms with Gasteiger partial charge >= 0.3 is 5.97 Å². The lowest BCUT2D eigenvalue weighted by Gasteiger charge is -2.13. The van der Waals surface area contributed by atoms with Gasteiger partial charge in [0.1, 0.15) is 35.3 Å². The third kappa shape index (κ3) is 6.19. The minimum atomic E-state index is -0.845. The van der Waals surface area contributed by atoms with Gasteiger partial charge in [0, 0.05) is 12.0 Å². The van der Waals surface area contributed by atoms with Crippen molar-refractivity contribution in [1.29, 1.82) is 0 Å². The molecular formula is C25H25FN2O5. The standard InChI is InChI=1S/C25H25FN2O5/c1-31-19-8-9-22(26)21(12-19)24-25(33-14-17-5-6-17)28-18(13-27-24)15-32-20-4-2-3-16(11-20)7-10-23(29)30/h2-4,8-9,11-13,17H,5-7,10,14-15H2,1H3,(H,29,30). The minimum absolute atomic E-state index is 0.0545. The lowest BCUT2D eigenvalue weighted by atomic mass is 10.1. The number of aromatic nitrogens is 2. The molecule has 1 fully saturated rings. The van der Waals surface area contributed by atoms with E-state index in [9.17, 15) is 9.18 Å². The van der Waals surface area contributed by atoms with Crippen LogP contribution >= 0.6 is 0 Å². The molecule has 1 saturated carbocycles. The molecule has 1 N–H and O–H groups in total. The third-order valence-electron chi connectivity index (χ3n) is 5.28. The summed E-state index contributed by atoms with van der Waals surface area (Å²) in [6.07, 6.45) is 4.23. The van der Waals surface area contributed by atoms with Crippen LogP contribution < -0.4 is 14.2 Å². The quantitative estimate of drug-likeness (QED) is 0.452. The number of methoxy groups -OCH3 is 1. The van der Waals surface area contributed by atoms with Crippen molar-refractivity contribution in [1.82, 2.24) is 9.97 Å². The fourth-order valence-electron chi connectivity index (χ4n) is 3.25. The molecule has 8 heteroatoms. The molecule has 7 nitrogen and oxygen atoms in total. The zero-order valence-corrected chi connectivity index (χ0v) is 18.3. The monoisotopic (exact) mass is 452 g/mol. The number of benzene rings is 2. The molecular weight excluding hydrogens is 427 g/mol. The Bertz CT molecular complexity index is 1130. The fourth-order valence-corrected chi connectivity index (χ4v) is 3.25. The number of carbonyl (C=O) groups is 1. The van der Waals surface area contributed by atoms with Crippen molar-refractivity contribution >= 4 is 5.97 Å². The molecule has 3 aromatic rings. The molecule has 1 aromatic heterocycles. The van der Waals surface area contributed by atoms with Gasteiger partial charge in [-0.3, -0.25) is 4.79 Å². The van der Waals surface area contributed by atoms with Gasteiger partial charge in [0.25, 0.3) is 0 Å². The summed E-state index contributed by atoms with van der Waals surface area (Å²) in [5.41, 5.74) is 1.97. The van der Waals surface area contributed by atoms with E-state index in [1.807, 2.05) is 12.1 Å². The van der Waals surface area contributed by atoms with Crippen LogP contribution in [0.5, 0.6) is 17.4 Å². The van der Waals surface area contributed by atoms with E-state index >= 15 is 0 Å². The number of carboxylic acid groups (broad SMARTS) is 1. The van der Waals surface area contributed by atoms with Gasteiger partial charge in [-0.1, -0.05) is 12.1 Å². The number of nitrogens with zero attached hydrogens (tertiary/aromatic N) is 2. The van der Waals surface area contributed by atoms with Crippen LogP contribution in [0.2, 0.25) is 0 Å². The lowest BCUT2D eigenvalue weighted by molar-refractivity contribution is -0.136. The van der Waals surface area contributed by atoms with Crippen molar-refractivity contribution in [2.24, 2.45) is 5.92 Å². The molecule has 0 unspecified atom stereocenters. The second-order valence-electron chi connectivity index (χ2n) is 7.95. The van der Waals surface area contributed by atoms with Crippen LogP contribution in [0.15, 0.2) is 48.7 Å². The molecule has 1 aliphatic rings. The Morgan fingerprint density at radius 2 is 2.00 bits per heavy atom. The van der Waals surface area contributed by atoms with Crippen molar-refractivity contribution in [2.45, 2.75) is 32.3 Å². The topological polar surface area (TPSA) is 90.8 Å². The SMILES string of the molecule is COc1ccc(F)c(-c2ncc(COc3cccc(CCC(=O)O)c3)nc2OCC2CC2)c1. The Morgan fingerprint density at radius 3 is 2.76 bits per heavy atom. The van der Waals surface area contributed by atoms with Crippen LogP contribution in [0, 0.1) is 11.7 Å². The van der Waals surface area contributed by atoms with Crippen molar-refractivity contribution in [3.63, 3.8) is 0 Å². The maximum absolute atomic E-state index is 14.6. The number of hydrogen-bond acceptors (Lipinski definition) is 6. The average molecular weight is 452 g/mol. The number of aryl methyl sites for hydroxylation is 1.